The van der Waals surface area contributed by atoms with Gasteiger partial charge in [-0.15, -0.1) is 11.8 Å². The highest BCUT2D eigenvalue weighted by Gasteiger charge is 2.21. The number of hydrogen-bond acceptors (Lipinski definition) is 5. The number of methoxy groups -OCH3 is 1. The van der Waals surface area contributed by atoms with Crippen molar-refractivity contribution in [1.82, 2.24) is 10.3 Å². The molecular weight excluding hydrogens is 340 g/mol. The number of aromatic nitrogens is 1. The molecule has 132 valence electrons. The molecule has 1 heterocycles. The molecule has 0 fully saturated rings. The van der Waals surface area contributed by atoms with Crippen molar-refractivity contribution in [2.45, 2.75) is 24.3 Å². The predicted octanol–water partition coefficient (Wildman–Crippen LogP) is 3.07. The van der Waals surface area contributed by atoms with Gasteiger partial charge in [-0.2, -0.15) is 0 Å². The fourth-order valence-corrected chi connectivity index (χ4v) is 2.77. The third-order valence-corrected chi connectivity index (χ3v) is 4.38. The highest BCUT2D eigenvalue weighted by molar-refractivity contribution is 7.98. The quantitative estimate of drug-likeness (QED) is 0.738. The molecule has 0 saturated carbocycles. The van der Waals surface area contributed by atoms with E-state index in [0.29, 0.717) is 0 Å². The SMILES string of the molecule is COc1nc(C)ccc1C(=O)NC(CC(=O)O)c1ccc(SC)cc1. The third-order valence-electron chi connectivity index (χ3n) is 3.64. The lowest BCUT2D eigenvalue weighted by atomic mass is 10.0. The normalized spacial score (nSPS) is 11.6. The van der Waals surface area contributed by atoms with Crippen LogP contribution in [0.3, 0.4) is 0 Å². The molecule has 0 radical (unpaired) electrons. The minimum absolute atomic E-state index is 0.212. The van der Waals surface area contributed by atoms with Crippen molar-refractivity contribution < 1.29 is 19.4 Å². The highest BCUT2D eigenvalue weighted by atomic mass is 32.2. The van der Waals surface area contributed by atoms with E-state index < -0.39 is 17.9 Å². The minimum atomic E-state index is -0.992. The lowest BCUT2D eigenvalue weighted by Crippen LogP contribution is -2.30. The van der Waals surface area contributed by atoms with Crippen LogP contribution in [-0.4, -0.2) is 35.3 Å². The number of amides is 1. The zero-order chi connectivity index (χ0) is 18.4. The number of thioether (sulfide) groups is 1. The Morgan fingerprint density at radius 2 is 1.92 bits per heavy atom. The number of nitrogens with one attached hydrogen (secondary N) is 1. The van der Waals surface area contributed by atoms with Gasteiger partial charge in [0.15, 0.2) is 0 Å². The molecule has 1 aromatic carbocycles. The van der Waals surface area contributed by atoms with Gasteiger partial charge in [-0.05, 0) is 43.0 Å². The van der Waals surface area contributed by atoms with E-state index in [-0.39, 0.29) is 17.9 Å². The fourth-order valence-electron chi connectivity index (χ4n) is 2.36. The van der Waals surface area contributed by atoms with Crippen LogP contribution in [0.5, 0.6) is 5.88 Å². The molecule has 1 amide bonds. The highest BCUT2D eigenvalue weighted by Crippen LogP contribution is 2.23. The van der Waals surface area contributed by atoms with Gasteiger partial charge in [-0.25, -0.2) is 4.98 Å². The maximum Gasteiger partial charge on any atom is 0.305 e. The van der Waals surface area contributed by atoms with E-state index in [1.807, 2.05) is 30.5 Å². The molecule has 0 spiro atoms. The van der Waals surface area contributed by atoms with Crippen molar-refractivity contribution in [2.24, 2.45) is 0 Å². The number of aliphatic carboxylic acids is 1. The third kappa shape index (κ3) is 4.96. The number of rotatable bonds is 7. The second kappa shape index (κ2) is 8.53. The van der Waals surface area contributed by atoms with Gasteiger partial charge in [0.1, 0.15) is 5.56 Å². The number of carboxylic acids is 1. The molecule has 6 nitrogen and oxygen atoms in total. The Labute approximate surface area is 150 Å². The van der Waals surface area contributed by atoms with Crippen molar-refractivity contribution in [3.63, 3.8) is 0 Å². The van der Waals surface area contributed by atoms with Crippen LogP contribution in [0, 0.1) is 6.92 Å². The largest absolute Gasteiger partial charge is 0.481 e. The summed E-state index contributed by atoms with van der Waals surface area (Å²) in [5.41, 5.74) is 1.72. The van der Waals surface area contributed by atoms with E-state index in [2.05, 4.69) is 10.3 Å². The van der Waals surface area contributed by atoms with Gasteiger partial charge < -0.3 is 15.2 Å². The second-order valence-corrected chi connectivity index (χ2v) is 6.29. The van der Waals surface area contributed by atoms with Gasteiger partial charge in [0.2, 0.25) is 5.88 Å². The first kappa shape index (κ1) is 18.8. The molecular formula is C18H20N2O4S. The van der Waals surface area contributed by atoms with Gasteiger partial charge in [-0.3, -0.25) is 9.59 Å². The fraction of sp³-hybridized carbons (Fsp3) is 0.278. The van der Waals surface area contributed by atoms with Crippen LogP contribution in [-0.2, 0) is 4.79 Å². The van der Waals surface area contributed by atoms with Crippen LogP contribution >= 0.6 is 11.8 Å². The lowest BCUT2D eigenvalue weighted by Gasteiger charge is -2.18. The molecule has 0 aliphatic heterocycles. The Kier molecular flexibility index (Phi) is 6.41. The standard InChI is InChI=1S/C18H20N2O4S/c1-11-4-9-14(18(19-11)24-2)17(23)20-15(10-16(21)22)12-5-7-13(25-3)8-6-12/h4-9,15H,10H2,1-3H3,(H,20,23)(H,21,22). The van der Waals surface area contributed by atoms with Gasteiger partial charge in [0.25, 0.3) is 5.91 Å². The number of hydrogen-bond donors (Lipinski definition) is 2. The maximum atomic E-state index is 12.6. The lowest BCUT2D eigenvalue weighted by molar-refractivity contribution is -0.137. The summed E-state index contributed by atoms with van der Waals surface area (Å²) in [6, 6.07) is 10.1. The van der Waals surface area contributed by atoms with Crippen molar-refractivity contribution in [3.8, 4) is 5.88 Å². The van der Waals surface area contributed by atoms with E-state index >= 15 is 0 Å². The topological polar surface area (TPSA) is 88.5 Å². The predicted molar refractivity (Wildman–Crippen MR) is 96.2 cm³/mol. The number of pyridine rings is 1. The van der Waals surface area contributed by atoms with E-state index in [4.69, 9.17) is 4.74 Å². The molecule has 1 atom stereocenters. The summed E-state index contributed by atoms with van der Waals surface area (Å²) >= 11 is 1.59. The van der Waals surface area contributed by atoms with Crippen LogP contribution < -0.4 is 10.1 Å². The number of benzene rings is 1. The smallest absolute Gasteiger partial charge is 0.305 e. The van der Waals surface area contributed by atoms with E-state index in [9.17, 15) is 14.7 Å². The summed E-state index contributed by atoms with van der Waals surface area (Å²) in [7, 11) is 1.44. The average Bonchev–Trinajstić information content (AvgIpc) is 2.60. The van der Waals surface area contributed by atoms with Crippen LogP contribution in [0.15, 0.2) is 41.3 Å². The van der Waals surface area contributed by atoms with Crippen LogP contribution in [0.25, 0.3) is 0 Å². The number of carbonyl (C=O) groups is 2. The molecule has 2 aromatic rings. The first-order valence-electron chi connectivity index (χ1n) is 7.63. The Hall–Kier alpha value is -2.54. The first-order chi connectivity index (χ1) is 11.9. The first-order valence-corrected chi connectivity index (χ1v) is 8.85. The van der Waals surface area contributed by atoms with Crippen molar-refractivity contribution in [2.75, 3.05) is 13.4 Å². The number of aryl methyl sites for hydroxylation is 1. The molecule has 0 aliphatic carbocycles. The van der Waals surface area contributed by atoms with Crippen molar-refractivity contribution in [1.29, 1.82) is 0 Å². The summed E-state index contributed by atoms with van der Waals surface area (Å²) < 4.78 is 5.15. The summed E-state index contributed by atoms with van der Waals surface area (Å²) in [5.74, 6) is -1.21. The second-order valence-electron chi connectivity index (χ2n) is 5.41. The molecule has 1 aromatic heterocycles. The molecule has 2 rings (SSSR count). The summed E-state index contributed by atoms with van der Waals surface area (Å²) in [6.07, 6.45) is 1.74. The van der Waals surface area contributed by atoms with Gasteiger partial charge in [-0.1, -0.05) is 12.1 Å². The molecule has 25 heavy (non-hydrogen) atoms. The zero-order valence-corrected chi connectivity index (χ0v) is 15.1. The van der Waals surface area contributed by atoms with Crippen molar-refractivity contribution >= 4 is 23.6 Å². The molecule has 7 heteroatoms. The monoisotopic (exact) mass is 360 g/mol. The Morgan fingerprint density at radius 3 is 2.48 bits per heavy atom. The summed E-state index contributed by atoms with van der Waals surface area (Å²) in [4.78, 5) is 29.0. The minimum Gasteiger partial charge on any atom is -0.481 e. The Morgan fingerprint density at radius 1 is 1.24 bits per heavy atom. The maximum absolute atomic E-state index is 12.6. The van der Waals surface area contributed by atoms with Gasteiger partial charge in [0, 0.05) is 10.6 Å². The zero-order valence-electron chi connectivity index (χ0n) is 14.3. The number of carbonyl (C=O) groups excluding carboxylic acids is 1. The molecule has 2 N–H and O–H groups in total. The Bertz CT molecular complexity index is 762. The molecule has 0 aliphatic rings. The molecule has 0 saturated heterocycles. The van der Waals surface area contributed by atoms with Crippen LogP contribution in [0.4, 0.5) is 0 Å². The number of carboxylic acid groups (broad SMARTS) is 1. The van der Waals surface area contributed by atoms with E-state index in [0.717, 1.165) is 16.2 Å². The van der Waals surface area contributed by atoms with Gasteiger partial charge >= 0.3 is 5.97 Å². The van der Waals surface area contributed by atoms with Crippen molar-refractivity contribution in [3.05, 3.63) is 53.2 Å². The van der Waals surface area contributed by atoms with Crippen LogP contribution in [0.2, 0.25) is 0 Å². The number of ether oxygens (including phenoxy) is 1. The molecule has 0 bridgehead atoms. The Balaban J connectivity index is 2.26. The summed E-state index contributed by atoms with van der Waals surface area (Å²) in [5, 5.41) is 11.9. The molecule has 1 unspecified atom stereocenters. The summed E-state index contributed by atoms with van der Waals surface area (Å²) in [6.45, 7) is 1.80. The van der Waals surface area contributed by atoms with E-state index in [1.54, 1.807) is 30.8 Å². The number of nitrogens with zero attached hydrogens (tertiary/aromatic N) is 1. The van der Waals surface area contributed by atoms with E-state index in [1.165, 1.54) is 7.11 Å². The average molecular weight is 360 g/mol. The van der Waals surface area contributed by atoms with Crippen LogP contribution in [0.1, 0.15) is 34.1 Å². The van der Waals surface area contributed by atoms with Gasteiger partial charge in [0.05, 0.1) is 19.6 Å².